The van der Waals surface area contributed by atoms with Crippen molar-refractivity contribution < 1.29 is 24.5 Å². The fourth-order valence-electron chi connectivity index (χ4n) is 3.32. The van der Waals surface area contributed by atoms with Crippen molar-refractivity contribution in [2.45, 2.75) is 32.9 Å². The van der Waals surface area contributed by atoms with Crippen molar-refractivity contribution in [1.82, 2.24) is 4.90 Å². The molecule has 0 aromatic heterocycles. The van der Waals surface area contributed by atoms with Crippen LogP contribution in [0.2, 0.25) is 0 Å². The lowest BCUT2D eigenvalue weighted by Crippen LogP contribution is -2.34. The number of hydrogen-bond donors (Lipinski definition) is 2. The van der Waals surface area contributed by atoms with Crippen molar-refractivity contribution in [3.8, 4) is 11.5 Å². The molecule has 0 fully saturated rings. The average Bonchev–Trinajstić information content (AvgIpc) is 2.78. The van der Waals surface area contributed by atoms with E-state index in [1.807, 2.05) is 44.2 Å². The van der Waals surface area contributed by atoms with Gasteiger partial charge >= 0.3 is 5.97 Å². The Hall–Kier alpha value is -3.80. The molecule has 0 radical (unpaired) electrons. The first kappa shape index (κ1) is 22.9. The lowest BCUT2D eigenvalue weighted by Gasteiger charge is -2.24. The first-order valence-corrected chi connectivity index (χ1v) is 10.4. The highest BCUT2D eigenvalue weighted by Crippen LogP contribution is 2.25. The highest BCUT2D eigenvalue weighted by Gasteiger charge is 2.19. The summed E-state index contributed by atoms with van der Waals surface area (Å²) in [6.07, 6.45) is 0. The van der Waals surface area contributed by atoms with E-state index in [0.29, 0.717) is 12.1 Å². The highest BCUT2D eigenvalue weighted by atomic mass is 16.5. The molecule has 32 heavy (non-hydrogen) atoms. The van der Waals surface area contributed by atoms with Gasteiger partial charge in [0.05, 0.1) is 0 Å². The quantitative estimate of drug-likeness (QED) is 0.505. The van der Waals surface area contributed by atoms with Crippen molar-refractivity contribution >= 4 is 11.9 Å². The summed E-state index contributed by atoms with van der Waals surface area (Å²) in [6.45, 7) is 4.16. The largest absolute Gasteiger partial charge is 0.508 e. The second-order valence-corrected chi connectivity index (χ2v) is 7.87. The third-order valence-electron chi connectivity index (χ3n) is 5.17. The van der Waals surface area contributed by atoms with Gasteiger partial charge < -0.3 is 19.8 Å². The number of carboxylic acids is 1. The number of carbonyl (C=O) groups is 2. The van der Waals surface area contributed by atoms with E-state index >= 15 is 0 Å². The SMILES string of the molecule is CC(C)c1ccc(OCC(=O)N(Cc2ccccc2)Cc2ccccc2O)c(C(=O)O)c1. The number of carboxylic acid groups (broad SMARTS) is 1. The van der Waals surface area contributed by atoms with Gasteiger partial charge in [-0.3, -0.25) is 4.79 Å². The van der Waals surface area contributed by atoms with Crippen LogP contribution in [-0.4, -0.2) is 33.6 Å². The number of rotatable bonds is 9. The molecule has 0 aliphatic rings. The summed E-state index contributed by atoms with van der Waals surface area (Å²) in [5.74, 6) is -0.996. The molecule has 6 nitrogen and oxygen atoms in total. The van der Waals surface area contributed by atoms with Gasteiger partial charge in [0, 0.05) is 18.7 Å². The van der Waals surface area contributed by atoms with Gasteiger partial charge in [-0.2, -0.15) is 0 Å². The number of hydrogen-bond acceptors (Lipinski definition) is 4. The third-order valence-corrected chi connectivity index (χ3v) is 5.17. The molecule has 1 amide bonds. The Balaban J connectivity index is 1.79. The van der Waals surface area contributed by atoms with Crippen LogP contribution in [0.1, 0.15) is 46.8 Å². The molecule has 3 aromatic rings. The van der Waals surface area contributed by atoms with Gasteiger partial charge in [0.15, 0.2) is 6.61 Å². The van der Waals surface area contributed by atoms with Gasteiger partial charge in [0.2, 0.25) is 0 Å². The third kappa shape index (κ3) is 5.88. The minimum absolute atomic E-state index is 0.0271. The maximum atomic E-state index is 13.1. The molecule has 2 N–H and O–H groups in total. The van der Waals surface area contributed by atoms with Crippen LogP contribution in [-0.2, 0) is 17.9 Å². The summed E-state index contributed by atoms with van der Waals surface area (Å²) >= 11 is 0. The number of benzene rings is 3. The lowest BCUT2D eigenvalue weighted by atomic mass is 10.0. The number of aromatic carboxylic acids is 1. The second-order valence-electron chi connectivity index (χ2n) is 7.87. The summed E-state index contributed by atoms with van der Waals surface area (Å²) in [5, 5.41) is 19.7. The summed E-state index contributed by atoms with van der Waals surface area (Å²) in [7, 11) is 0. The fraction of sp³-hybridized carbons (Fsp3) is 0.231. The number of carbonyl (C=O) groups excluding carboxylic acids is 1. The number of phenols is 1. The van der Waals surface area contributed by atoms with Crippen molar-refractivity contribution in [3.05, 3.63) is 95.1 Å². The maximum absolute atomic E-state index is 13.1. The molecule has 0 heterocycles. The first-order chi connectivity index (χ1) is 15.3. The van der Waals surface area contributed by atoms with Crippen LogP contribution in [0, 0.1) is 0 Å². The van der Waals surface area contributed by atoms with E-state index in [0.717, 1.165) is 11.1 Å². The van der Waals surface area contributed by atoms with Crippen molar-refractivity contribution in [1.29, 1.82) is 0 Å². The number of nitrogens with zero attached hydrogens (tertiary/aromatic N) is 1. The topological polar surface area (TPSA) is 87.1 Å². The van der Waals surface area contributed by atoms with Crippen LogP contribution in [0.3, 0.4) is 0 Å². The summed E-state index contributed by atoms with van der Waals surface area (Å²) < 4.78 is 5.65. The van der Waals surface area contributed by atoms with Crippen LogP contribution in [0.25, 0.3) is 0 Å². The number of phenolic OH excluding ortho intramolecular Hbond substituents is 1. The predicted molar refractivity (Wildman–Crippen MR) is 122 cm³/mol. The Labute approximate surface area is 187 Å². The molecule has 0 spiro atoms. The monoisotopic (exact) mass is 433 g/mol. The van der Waals surface area contributed by atoms with Crippen LogP contribution in [0.4, 0.5) is 0 Å². The fourth-order valence-corrected chi connectivity index (χ4v) is 3.32. The van der Waals surface area contributed by atoms with Gasteiger partial charge in [0.25, 0.3) is 5.91 Å². The standard InChI is InChI=1S/C26H27NO5/c1-18(2)20-12-13-24(22(14-20)26(30)31)32-17-25(29)27(15-19-8-4-3-5-9-19)16-21-10-6-7-11-23(21)28/h3-14,18,28H,15-17H2,1-2H3,(H,30,31). The summed E-state index contributed by atoms with van der Waals surface area (Å²) in [4.78, 5) is 26.3. The molecule has 0 aliphatic heterocycles. The minimum Gasteiger partial charge on any atom is -0.508 e. The maximum Gasteiger partial charge on any atom is 0.339 e. The molecular formula is C26H27NO5. The van der Waals surface area contributed by atoms with E-state index in [4.69, 9.17) is 4.74 Å². The Morgan fingerprint density at radius 2 is 1.62 bits per heavy atom. The Kier molecular flexibility index (Phi) is 7.49. The van der Waals surface area contributed by atoms with Crippen molar-refractivity contribution in [2.24, 2.45) is 0 Å². The summed E-state index contributed by atoms with van der Waals surface area (Å²) in [6, 6.07) is 21.3. The van der Waals surface area contributed by atoms with E-state index in [2.05, 4.69) is 0 Å². The molecule has 6 heteroatoms. The number of para-hydroxylation sites is 1. The average molecular weight is 434 g/mol. The van der Waals surface area contributed by atoms with Gasteiger partial charge in [-0.25, -0.2) is 4.79 Å². The zero-order valence-electron chi connectivity index (χ0n) is 18.2. The van der Waals surface area contributed by atoms with Crippen LogP contribution in [0.5, 0.6) is 11.5 Å². The number of aromatic hydroxyl groups is 1. The van der Waals surface area contributed by atoms with E-state index in [1.54, 1.807) is 47.4 Å². The Morgan fingerprint density at radius 3 is 2.28 bits per heavy atom. The molecule has 166 valence electrons. The second kappa shape index (κ2) is 10.5. The van der Waals surface area contributed by atoms with Crippen LogP contribution < -0.4 is 4.74 Å². The molecule has 0 atom stereocenters. The highest BCUT2D eigenvalue weighted by molar-refractivity contribution is 5.91. The molecule has 0 bridgehead atoms. The molecule has 3 rings (SSSR count). The zero-order chi connectivity index (χ0) is 23.1. The summed E-state index contributed by atoms with van der Waals surface area (Å²) in [5.41, 5.74) is 2.46. The zero-order valence-corrected chi connectivity index (χ0v) is 18.2. The Morgan fingerprint density at radius 1 is 0.938 bits per heavy atom. The van der Waals surface area contributed by atoms with Crippen molar-refractivity contribution in [2.75, 3.05) is 6.61 Å². The molecule has 3 aromatic carbocycles. The van der Waals surface area contributed by atoms with E-state index in [-0.39, 0.29) is 42.0 Å². The normalized spacial score (nSPS) is 10.7. The van der Waals surface area contributed by atoms with Gasteiger partial charge in [0.1, 0.15) is 17.1 Å². The Bertz CT molecular complexity index is 1080. The molecule has 0 unspecified atom stereocenters. The molecule has 0 saturated carbocycles. The molecule has 0 aliphatic carbocycles. The predicted octanol–water partition coefficient (Wildman–Crippen LogP) is 4.82. The lowest BCUT2D eigenvalue weighted by molar-refractivity contribution is -0.134. The van der Waals surface area contributed by atoms with E-state index in [1.165, 1.54) is 0 Å². The van der Waals surface area contributed by atoms with Crippen LogP contribution >= 0.6 is 0 Å². The van der Waals surface area contributed by atoms with Crippen molar-refractivity contribution in [3.63, 3.8) is 0 Å². The first-order valence-electron chi connectivity index (χ1n) is 10.4. The minimum atomic E-state index is -1.11. The van der Waals surface area contributed by atoms with Gasteiger partial charge in [-0.05, 0) is 35.2 Å². The smallest absolute Gasteiger partial charge is 0.339 e. The number of amides is 1. The van der Waals surface area contributed by atoms with Gasteiger partial charge in [-0.15, -0.1) is 0 Å². The van der Waals surface area contributed by atoms with Gasteiger partial charge in [-0.1, -0.05) is 68.4 Å². The van der Waals surface area contributed by atoms with E-state index in [9.17, 15) is 19.8 Å². The number of ether oxygens (including phenoxy) is 1. The molecular weight excluding hydrogens is 406 g/mol. The van der Waals surface area contributed by atoms with Crippen LogP contribution in [0.15, 0.2) is 72.8 Å². The van der Waals surface area contributed by atoms with E-state index < -0.39 is 5.97 Å². The molecule has 0 saturated heterocycles.